The lowest BCUT2D eigenvalue weighted by atomic mass is 9.78. The van der Waals surface area contributed by atoms with E-state index in [1.165, 1.54) is 25.7 Å². The number of carbonyl (C=O) groups is 1. The molecule has 4 rings (SSSR count). The second-order valence-electron chi connectivity index (χ2n) is 8.05. The molecule has 0 radical (unpaired) electrons. The van der Waals surface area contributed by atoms with E-state index in [2.05, 4.69) is 4.90 Å². The summed E-state index contributed by atoms with van der Waals surface area (Å²) in [5, 5.41) is 20.9. The topological polar surface area (TPSA) is 65.7 Å². The normalized spacial score (nSPS) is 26.2. The van der Waals surface area contributed by atoms with Crippen LogP contribution >= 0.6 is 0 Å². The van der Waals surface area contributed by atoms with Gasteiger partial charge in [0.2, 0.25) is 5.91 Å². The van der Waals surface area contributed by atoms with Gasteiger partial charge in [-0.25, -0.2) is 0 Å². The van der Waals surface area contributed by atoms with E-state index in [4.69, 9.17) is 0 Å². The molecule has 1 amide bonds. The summed E-state index contributed by atoms with van der Waals surface area (Å²) in [6.07, 6.45) is 11.4. The smallest absolute Gasteiger partial charge is 0.224 e. The molecule has 3 aliphatic rings. The highest BCUT2D eigenvalue weighted by atomic mass is 16.3. The first kappa shape index (κ1) is 16.8. The largest absolute Gasteiger partial charge is 0.494 e. The molecular formula is C20H30N2O3. The van der Waals surface area contributed by atoms with Crippen molar-refractivity contribution in [3.8, 4) is 11.8 Å². The van der Waals surface area contributed by atoms with Crippen LogP contribution in [0.25, 0.3) is 0 Å². The lowest BCUT2D eigenvalue weighted by molar-refractivity contribution is -0.137. The van der Waals surface area contributed by atoms with Crippen LogP contribution in [0.1, 0.15) is 68.9 Å². The molecule has 0 aromatic carbocycles. The highest BCUT2D eigenvalue weighted by Gasteiger charge is 2.35. The zero-order chi connectivity index (χ0) is 17.4. The number of hydrogen-bond acceptors (Lipinski definition) is 3. The lowest BCUT2D eigenvalue weighted by Gasteiger charge is -2.44. The quantitative estimate of drug-likeness (QED) is 0.882. The zero-order valence-electron chi connectivity index (χ0n) is 15.0. The van der Waals surface area contributed by atoms with Crippen molar-refractivity contribution in [3.05, 3.63) is 11.1 Å². The number of rotatable bonds is 3. The molecule has 2 heterocycles. The van der Waals surface area contributed by atoms with Crippen LogP contribution in [0, 0.1) is 5.92 Å². The SMILES string of the molecule is O=C(CCn1c(O)c2c(c1O)CCCC2)N1CCCC2CCCCC21. The van der Waals surface area contributed by atoms with Gasteiger partial charge in [-0.05, 0) is 57.3 Å². The molecule has 5 nitrogen and oxygen atoms in total. The maximum Gasteiger partial charge on any atom is 0.224 e. The van der Waals surface area contributed by atoms with Gasteiger partial charge in [0, 0.05) is 36.7 Å². The van der Waals surface area contributed by atoms with Gasteiger partial charge in [-0.3, -0.25) is 9.36 Å². The second-order valence-corrected chi connectivity index (χ2v) is 8.05. The summed E-state index contributed by atoms with van der Waals surface area (Å²) in [4.78, 5) is 14.9. The highest BCUT2D eigenvalue weighted by molar-refractivity contribution is 5.76. The number of hydrogen-bond donors (Lipinski definition) is 2. The summed E-state index contributed by atoms with van der Waals surface area (Å²) in [6, 6.07) is 0.426. The van der Waals surface area contributed by atoms with Crippen molar-refractivity contribution in [2.75, 3.05) is 6.54 Å². The molecule has 0 spiro atoms. The van der Waals surface area contributed by atoms with Crippen LogP contribution in [-0.2, 0) is 24.2 Å². The standard InChI is InChI=1S/C20H30N2O3/c23-18(21-12-5-7-14-6-1-4-10-17(14)21)11-13-22-19(24)15-8-2-3-9-16(15)20(22)25/h14,17,24-25H,1-13H2. The number of amides is 1. The predicted octanol–water partition coefficient (Wildman–Crippen LogP) is 3.35. The summed E-state index contributed by atoms with van der Waals surface area (Å²) in [6.45, 7) is 1.25. The van der Waals surface area contributed by atoms with Gasteiger partial charge >= 0.3 is 0 Å². The molecule has 25 heavy (non-hydrogen) atoms. The summed E-state index contributed by atoms with van der Waals surface area (Å²) in [5.41, 5.74) is 1.78. The minimum absolute atomic E-state index is 0.175. The maximum absolute atomic E-state index is 12.8. The van der Waals surface area contributed by atoms with Crippen molar-refractivity contribution in [2.45, 2.75) is 83.2 Å². The van der Waals surface area contributed by atoms with Crippen LogP contribution in [0.4, 0.5) is 0 Å². The Balaban J connectivity index is 1.44. The first-order valence-corrected chi connectivity index (χ1v) is 10.1. The van der Waals surface area contributed by atoms with Crippen LogP contribution < -0.4 is 0 Å². The summed E-state index contributed by atoms with van der Waals surface area (Å²) in [5.74, 6) is 1.22. The first-order valence-electron chi connectivity index (χ1n) is 10.1. The fraction of sp³-hybridized carbons (Fsp3) is 0.750. The Labute approximate surface area is 149 Å². The zero-order valence-corrected chi connectivity index (χ0v) is 15.0. The third-order valence-electron chi connectivity index (χ3n) is 6.63. The molecular weight excluding hydrogens is 316 g/mol. The fourth-order valence-corrected chi connectivity index (χ4v) is 5.32. The van der Waals surface area contributed by atoms with Gasteiger partial charge in [0.25, 0.3) is 0 Å². The van der Waals surface area contributed by atoms with Crippen molar-refractivity contribution < 1.29 is 15.0 Å². The van der Waals surface area contributed by atoms with Crippen molar-refractivity contribution in [1.82, 2.24) is 9.47 Å². The summed E-state index contributed by atoms with van der Waals surface area (Å²) >= 11 is 0. The number of fused-ring (bicyclic) bond motifs is 2. The summed E-state index contributed by atoms with van der Waals surface area (Å²) < 4.78 is 1.55. The maximum atomic E-state index is 12.8. The Bertz CT molecular complexity index is 620. The average molecular weight is 346 g/mol. The van der Waals surface area contributed by atoms with E-state index in [-0.39, 0.29) is 17.7 Å². The predicted molar refractivity (Wildman–Crippen MR) is 95.7 cm³/mol. The van der Waals surface area contributed by atoms with Gasteiger partial charge < -0.3 is 15.1 Å². The van der Waals surface area contributed by atoms with E-state index in [0.29, 0.717) is 24.9 Å². The van der Waals surface area contributed by atoms with Gasteiger partial charge in [0.1, 0.15) is 0 Å². The molecule has 2 atom stereocenters. The van der Waals surface area contributed by atoms with Gasteiger partial charge in [0.05, 0.1) is 0 Å². The van der Waals surface area contributed by atoms with Crippen LogP contribution in [0.2, 0.25) is 0 Å². The Morgan fingerprint density at radius 3 is 2.28 bits per heavy atom. The first-order chi connectivity index (χ1) is 12.2. The second kappa shape index (κ2) is 6.93. The van der Waals surface area contributed by atoms with Crippen LogP contribution in [-0.4, -0.2) is 38.2 Å². The lowest BCUT2D eigenvalue weighted by Crippen LogP contribution is -2.49. The van der Waals surface area contributed by atoms with Crippen LogP contribution in [0.5, 0.6) is 11.8 Å². The molecule has 1 aromatic heterocycles. The molecule has 1 saturated carbocycles. The van der Waals surface area contributed by atoms with Crippen LogP contribution in [0.15, 0.2) is 0 Å². The molecule has 1 aromatic rings. The Morgan fingerprint density at radius 1 is 0.920 bits per heavy atom. The van der Waals surface area contributed by atoms with Crippen molar-refractivity contribution in [1.29, 1.82) is 0 Å². The van der Waals surface area contributed by atoms with E-state index in [1.54, 1.807) is 4.57 Å². The van der Waals surface area contributed by atoms with E-state index in [0.717, 1.165) is 56.2 Å². The van der Waals surface area contributed by atoms with E-state index in [9.17, 15) is 15.0 Å². The third kappa shape index (κ3) is 3.02. The number of piperidine rings is 1. The number of aromatic nitrogens is 1. The van der Waals surface area contributed by atoms with Crippen molar-refractivity contribution in [3.63, 3.8) is 0 Å². The van der Waals surface area contributed by atoms with Crippen LogP contribution in [0.3, 0.4) is 0 Å². The number of likely N-dealkylation sites (tertiary alicyclic amines) is 1. The molecule has 2 unspecified atom stereocenters. The van der Waals surface area contributed by atoms with Gasteiger partial charge in [-0.15, -0.1) is 0 Å². The average Bonchev–Trinajstić information content (AvgIpc) is 2.90. The molecule has 5 heteroatoms. The molecule has 0 bridgehead atoms. The van der Waals surface area contributed by atoms with Gasteiger partial charge in [0.15, 0.2) is 11.8 Å². The Hall–Kier alpha value is -1.65. The third-order valence-corrected chi connectivity index (χ3v) is 6.63. The Kier molecular flexibility index (Phi) is 4.65. The van der Waals surface area contributed by atoms with Crippen molar-refractivity contribution >= 4 is 5.91 Å². The number of aromatic hydroxyl groups is 2. The molecule has 2 N–H and O–H groups in total. The van der Waals surface area contributed by atoms with Gasteiger partial charge in [-0.1, -0.05) is 12.8 Å². The monoisotopic (exact) mass is 346 g/mol. The minimum Gasteiger partial charge on any atom is -0.494 e. The molecule has 1 saturated heterocycles. The molecule has 2 aliphatic carbocycles. The molecule has 1 aliphatic heterocycles. The van der Waals surface area contributed by atoms with E-state index < -0.39 is 0 Å². The minimum atomic E-state index is 0.175. The molecule has 2 fully saturated rings. The van der Waals surface area contributed by atoms with Gasteiger partial charge in [-0.2, -0.15) is 0 Å². The Morgan fingerprint density at radius 2 is 1.56 bits per heavy atom. The number of carbonyl (C=O) groups excluding carboxylic acids is 1. The van der Waals surface area contributed by atoms with E-state index >= 15 is 0 Å². The molecule has 138 valence electrons. The summed E-state index contributed by atoms with van der Waals surface area (Å²) in [7, 11) is 0. The fourth-order valence-electron chi connectivity index (χ4n) is 5.32. The van der Waals surface area contributed by atoms with E-state index in [1.807, 2.05) is 0 Å². The van der Waals surface area contributed by atoms with Crippen molar-refractivity contribution in [2.24, 2.45) is 5.92 Å². The number of nitrogens with zero attached hydrogens (tertiary/aromatic N) is 2. The highest BCUT2D eigenvalue weighted by Crippen LogP contribution is 2.39.